The molecule has 6 heteroatoms. The van der Waals surface area contributed by atoms with Gasteiger partial charge in [0.1, 0.15) is 5.75 Å². The standard InChI is InChI=1S/C15H13N5O/c1-10-3-6-14-18-15(19-20(14)9-10)17-12-5-4-11(8-16)7-13(12)21-2/h3-7,9H,1-2H3,(H,17,19). The minimum Gasteiger partial charge on any atom is -0.495 e. The highest BCUT2D eigenvalue weighted by molar-refractivity contribution is 5.65. The molecule has 0 radical (unpaired) electrons. The summed E-state index contributed by atoms with van der Waals surface area (Å²) in [6, 6.07) is 11.1. The topological polar surface area (TPSA) is 75.2 Å². The molecule has 0 atom stereocenters. The monoisotopic (exact) mass is 279 g/mol. The average molecular weight is 279 g/mol. The molecule has 2 heterocycles. The number of hydrogen-bond donors (Lipinski definition) is 1. The second kappa shape index (κ2) is 5.13. The first-order valence-electron chi connectivity index (χ1n) is 6.38. The van der Waals surface area contributed by atoms with Crippen LogP contribution in [-0.4, -0.2) is 21.7 Å². The van der Waals surface area contributed by atoms with Gasteiger partial charge in [0.2, 0.25) is 5.95 Å². The van der Waals surface area contributed by atoms with E-state index >= 15 is 0 Å². The first-order chi connectivity index (χ1) is 10.2. The number of fused-ring (bicyclic) bond motifs is 1. The Balaban J connectivity index is 1.96. The summed E-state index contributed by atoms with van der Waals surface area (Å²) in [6.07, 6.45) is 1.91. The lowest BCUT2D eigenvalue weighted by Gasteiger charge is -2.08. The van der Waals surface area contributed by atoms with Crippen molar-refractivity contribution in [3.63, 3.8) is 0 Å². The predicted octanol–water partition coefficient (Wildman–Crippen LogP) is 2.66. The normalized spacial score (nSPS) is 10.3. The van der Waals surface area contributed by atoms with Crippen molar-refractivity contribution >= 4 is 17.3 Å². The fourth-order valence-corrected chi connectivity index (χ4v) is 2.02. The van der Waals surface area contributed by atoms with Gasteiger partial charge in [-0.25, -0.2) is 4.52 Å². The number of aromatic nitrogens is 3. The molecule has 2 aromatic heterocycles. The summed E-state index contributed by atoms with van der Waals surface area (Å²) in [5, 5.41) is 16.4. The van der Waals surface area contributed by atoms with E-state index in [1.807, 2.05) is 25.3 Å². The molecule has 0 spiro atoms. The molecular weight excluding hydrogens is 266 g/mol. The van der Waals surface area contributed by atoms with Crippen LogP contribution in [0.1, 0.15) is 11.1 Å². The van der Waals surface area contributed by atoms with Crippen LogP contribution in [0.2, 0.25) is 0 Å². The van der Waals surface area contributed by atoms with Crippen molar-refractivity contribution in [2.75, 3.05) is 12.4 Å². The molecule has 0 fully saturated rings. The number of ether oxygens (including phenoxy) is 1. The van der Waals surface area contributed by atoms with Gasteiger partial charge < -0.3 is 10.1 Å². The van der Waals surface area contributed by atoms with Crippen LogP contribution in [0.5, 0.6) is 5.75 Å². The highest BCUT2D eigenvalue weighted by Gasteiger charge is 2.08. The van der Waals surface area contributed by atoms with Crippen LogP contribution < -0.4 is 10.1 Å². The number of methoxy groups -OCH3 is 1. The van der Waals surface area contributed by atoms with Crippen molar-refractivity contribution in [2.24, 2.45) is 0 Å². The molecule has 3 aromatic rings. The lowest BCUT2D eigenvalue weighted by atomic mass is 10.2. The van der Waals surface area contributed by atoms with E-state index < -0.39 is 0 Å². The lowest BCUT2D eigenvalue weighted by Crippen LogP contribution is -1.97. The molecule has 104 valence electrons. The van der Waals surface area contributed by atoms with Gasteiger partial charge in [-0.05, 0) is 30.7 Å². The average Bonchev–Trinajstić information content (AvgIpc) is 2.89. The van der Waals surface area contributed by atoms with Crippen LogP contribution in [-0.2, 0) is 0 Å². The highest BCUT2D eigenvalue weighted by atomic mass is 16.5. The Labute approximate surface area is 121 Å². The molecule has 21 heavy (non-hydrogen) atoms. The number of anilines is 2. The third-order valence-electron chi connectivity index (χ3n) is 3.06. The van der Waals surface area contributed by atoms with Gasteiger partial charge in [0.15, 0.2) is 5.65 Å². The molecular formula is C15H13N5O. The van der Waals surface area contributed by atoms with E-state index in [1.54, 1.807) is 29.8 Å². The Kier molecular flexibility index (Phi) is 3.16. The van der Waals surface area contributed by atoms with E-state index in [1.165, 1.54) is 0 Å². The summed E-state index contributed by atoms with van der Waals surface area (Å²) >= 11 is 0. The molecule has 0 aliphatic carbocycles. The first kappa shape index (κ1) is 12.9. The molecule has 0 aliphatic heterocycles. The molecule has 1 aromatic carbocycles. The van der Waals surface area contributed by atoms with Crippen molar-refractivity contribution in [1.29, 1.82) is 5.26 Å². The number of aryl methyl sites for hydroxylation is 1. The van der Waals surface area contributed by atoms with Gasteiger partial charge in [-0.15, -0.1) is 5.10 Å². The van der Waals surface area contributed by atoms with E-state index in [0.29, 0.717) is 22.9 Å². The number of benzene rings is 1. The molecule has 0 bridgehead atoms. The SMILES string of the molecule is COc1cc(C#N)ccc1Nc1nc2ccc(C)cn2n1. The zero-order valence-electron chi connectivity index (χ0n) is 11.7. The number of rotatable bonds is 3. The van der Waals surface area contributed by atoms with E-state index in [2.05, 4.69) is 21.5 Å². The lowest BCUT2D eigenvalue weighted by molar-refractivity contribution is 0.416. The maximum atomic E-state index is 8.91. The van der Waals surface area contributed by atoms with Crippen LogP contribution in [0.15, 0.2) is 36.5 Å². The molecule has 6 nitrogen and oxygen atoms in total. The van der Waals surface area contributed by atoms with E-state index in [4.69, 9.17) is 10.00 Å². The predicted molar refractivity (Wildman–Crippen MR) is 78.7 cm³/mol. The van der Waals surface area contributed by atoms with Gasteiger partial charge >= 0.3 is 0 Å². The highest BCUT2D eigenvalue weighted by Crippen LogP contribution is 2.27. The molecule has 0 unspecified atom stereocenters. The largest absolute Gasteiger partial charge is 0.495 e. The van der Waals surface area contributed by atoms with Gasteiger partial charge in [0.05, 0.1) is 24.4 Å². The number of nitrogens with one attached hydrogen (secondary N) is 1. The van der Waals surface area contributed by atoms with Crippen LogP contribution in [0.25, 0.3) is 5.65 Å². The van der Waals surface area contributed by atoms with Crippen LogP contribution in [0.4, 0.5) is 11.6 Å². The Bertz CT molecular complexity index is 847. The van der Waals surface area contributed by atoms with E-state index in [-0.39, 0.29) is 0 Å². The second-order valence-electron chi connectivity index (χ2n) is 4.60. The molecule has 0 amide bonds. The van der Waals surface area contributed by atoms with Gasteiger partial charge in [0, 0.05) is 12.3 Å². The zero-order valence-corrected chi connectivity index (χ0v) is 11.7. The Morgan fingerprint density at radius 1 is 1.29 bits per heavy atom. The number of nitrogens with zero attached hydrogens (tertiary/aromatic N) is 4. The van der Waals surface area contributed by atoms with E-state index in [9.17, 15) is 0 Å². The molecule has 0 saturated heterocycles. The van der Waals surface area contributed by atoms with Gasteiger partial charge in [-0.3, -0.25) is 0 Å². The van der Waals surface area contributed by atoms with Crippen molar-refractivity contribution in [2.45, 2.75) is 6.92 Å². The summed E-state index contributed by atoms with van der Waals surface area (Å²) in [5.41, 5.74) is 3.12. The Morgan fingerprint density at radius 3 is 2.90 bits per heavy atom. The molecule has 0 saturated carbocycles. The fraction of sp³-hybridized carbons (Fsp3) is 0.133. The molecule has 3 rings (SSSR count). The number of hydrogen-bond acceptors (Lipinski definition) is 5. The Morgan fingerprint density at radius 2 is 2.14 bits per heavy atom. The number of nitriles is 1. The summed E-state index contributed by atoms with van der Waals surface area (Å²) in [7, 11) is 1.56. The number of pyridine rings is 1. The van der Waals surface area contributed by atoms with Crippen molar-refractivity contribution in [1.82, 2.24) is 14.6 Å². The van der Waals surface area contributed by atoms with Crippen LogP contribution >= 0.6 is 0 Å². The van der Waals surface area contributed by atoms with Gasteiger partial charge in [0.25, 0.3) is 0 Å². The van der Waals surface area contributed by atoms with Crippen LogP contribution in [0.3, 0.4) is 0 Å². The van der Waals surface area contributed by atoms with Crippen LogP contribution in [0, 0.1) is 18.3 Å². The van der Waals surface area contributed by atoms with Gasteiger partial charge in [-0.1, -0.05) is 6.07 Å². The third kappa shape index (κ3) is 2.49. The van der Waals surface area contributed by atoms with Gasteiger partial charge in [-0.2, -0.15) is 10.2 Å². The quantitative estimate of drug-likeness (QED) is 0.797. The van der Waals surface area contributed by atoms with Crippen molar-refractivity contribution < 1.29 is 4.74 Å². The Hall–Kier alpha value is -3.07. The second-order valence-corrected chi connectivity index (χ2v) is 4.60. The minimum atomic E-state index is 0.476. The first-order valence-corrected chi connectivity index (χ1v) is 6.38. The van der Waals surface area contributed by atoms with Crippen molar-refractivity contribution in [3.8, 4) is 11.8 Å². The molecule has 1 N–H and O–H groups in total. The maximum absolute atomic E-state index is 8.91. The fourth-order valence-electron chi connectivity index (χ4n) is 2.02. The zero-order chi connectivity index (χ0) is 14.8. The summed E-state index contributed by atoms with van der Waals surface area (Å²) in [5.74, 6) is 1.05. The molecule has 0 aliphatic rings. The maximum Gasteiger partial charge on any atom is 0.247 e. The summed E-state index contributed by atoms with van der Waals surface area (Å²) in [6.45, 7) is 2.00. The van der Waals surface area contributed by atoms with E-state index in [0.717, 1.165) is 11.2 Å². The minimum absolute atomic E-state index is 0.476. The smallest absolute Gasteiger partial charge is 0.247 e. The third-order valence-corrected chi connectivity index (χ3v) is 3.06. The summed E-state index contributed by atoms with van der Waals surface area (Å²) in [4.78, 5) is 4.39. The summed E-state index contributed by atoms with van der Waals surface area (Å²) < 4.78 is 6.99. The van der Waals surface area contributed by atoms with Crippen molar-refractivity contribution in [3.05, 3.63) is 47.7 Å².